The summed E-state index contributed by atoms with van der Waals surface area (Å²) in [7, 11) is 0. The number of carbonyl (C=O) groups is 1. The van der Waals surface area contributed by atoms with Crippen molar-refractivity contribution in [2.45, 2.75) is 0 Å². The number of pyridine rings is 1. The Balaban J connectivity index is 0.000000134. The highest BCUT2D eigenvalue weighted by Crippen LogP contribution is 1.96. The minimum Gasteiger partial charge on any atom is -0.366 e. The maximum atomic E-state index is 10.4. The highest BCUT2D eigenvalue weighted by Gasteiger charge is 1.93. The van der Waals surface area contributed by atoms with Gasteiger partial charge in [-0.25, -0.2) is 4.98 Å². The van der Waals surface area contributed by atoms with Crippen LogP contribution in [0.5, 0.6) is 0 Å². The molecule has 4 nitrogen and oxygen atoms in total. The van der Waals surface area contributed by atoms with Crippen molar-refractivity contribution < 1.29 is 4.79 Å². The summed E-state index contributed by atoms with van der Waals surface area (Å²) < 4.78 is 1.97. The first-order valence-electron chi connectivity index (χ1n) is 5.50. The van der Waals surface area contributed by atoms with E-state index in [0.717, 1.165) is 5.65 Å². The molecule has 0 bridgehead atoms. The zero-order valence-corrected chi connectivity index (χ0v) is 9.73. The first kappa shape index (κ1) is 11.9. The van der Waals surface area contributed by atoms with Crippen LogP contribution >= 0.6 is 0 Å². The van der Waals surface area contributed by atoms with E-state index in [-0.39, 0.29) is 5.91 Å². The van der Waals surface area contributed by atoms with E-state index in [4.69, 9.17) is 5.73 Å². The van der Waals surface area contributed by atoms with E-state index >= 15 is 0 Å². The summed E-state index contributed by atoms with van der Waals surface area (Å²) >= 11 is 0. The molecule has 2 heterocycles. The van der Waals surface area contributed by atoms with Crippen LogP contribution in [0.4, 0.5) is 0 Å². The fraction of sp³-hybridized carbons (Fsp3) is 0. The topological polar surface area (TPSA) is 60.4 Å². The predicted molar refractivity (Wildman–Crippen MR) is 70.2 cm³/mol. The maximum Gasteiger partial charge on any atom is 0.248 e. The molecule has 1 aromatic carbocycles. The van der Waals surface area contributed by atoms with Gasteiger partial charge in [-0.05, 0) is 24.3 Å². The fourth-order valence-corrected chi connectivity index (χ4v) is 1.47. The Morgan fingerprint density at radius 3 is 2.33 bits per heavy atom. The lowest BCUT2D eigenvalue weighted by Crippen LogP contribution is -2.09. The second-order valence-corrected chi connectivity index (χ2v) is 3.62. The molecule has 90 valence electrons. The van der Waals surface area contributed by atoms with Crippen molar-refractivity contribution in [3.8, 4) is 0 Å². The largest absolute Gasteiger partial charge is 0.366 e. The average molecular weight is 239 g/mol. The van der Waals surface area contributed by atoms with Crippen LogP contribution in [-0.2, 0) is 0 Å². The van der Waals surface area contributed by atoms with Gasteiger partial charge in [-0.15, -0.1) is 0 Å². The number of rotatable bonds is 1. The zero-order valence-electron chi connectivity index (χ0n) is 9.73. The van der Waals surface area contributed by atoms with Gasteiger partial charge in [0.2, 0.25) is 5.91 Å². The smallest absolute Gasteiger partial charge is 0.248 e. The second kappa shape index (κ2) is 5.63. The van der Waals surface area contributed by atoms with Crippen LogP contribution in [0.3, 0.4) is 0 Å². The van der Waals surface area contributed by atoms with Gasteiger partial charge in [0.05, 0.1) is 0 Å². The molecular weight excluding hydrogens is 226 g/mol. The predicted octanol–water partition coefficient (Wildman–Crippen LogP) is 2.12. The van der Waals surface area contributed by atoms with Crippen molar-refractivity contribution in [3.05, 3.63) is 72.7 Å². The van der Waals surface area contributed by atoms with Gasteiger partial charge in [0.15, 0.2) is 0 Å². The minimum atomic E-state index is -0.379. The van der Waals surface area contributed by atoms with Crippen molar-refractivity contribution in [2.24, 2.45) is 5.73 Å². The van der Waals surface area contributed by atoms with Gasteiger partial charge in [-0.3, -0.25) is 4.79 Å². The van der Waals surface area contributed by atoms with E-state index in [1.165, 1.54) is 0 Å². The summed E-state index contributed by atoms with van der Waals surface area (Å²) in [4.78, 5) is 14.5. The number of fused-ring (bicyclic) bond motifs is 1. The number of nitrogens with zero attached hydrogens (tertiary/aromatic N) is 2. The summed E-state index contributed by atoms with van der Waals surface area (Å²) in [6.07, 6.45) is 5.69. The van der Waals surface area contributed by atoms with Crippen LogP contribution in [0.1, 0.15) is 10.4 Å². The summed E-state index contributed by atoms with van der Waals surface area (Å²) in [5.74, 6) is -0.379. The lowest BCUT2D eigenvalue weighted by molar-refractivity contribution is 0.100. The van der Waals surface area contributed by atoms with E-state index in [1.807, 2.05) is 41.1 Å². The Labute approximate surface area is 105 Å². The van der Waals surface area contributed by atoms with E-state index in [9.17, 15) is 4.79 Å². The zero-order chi connectivity index (χ0) is 12.8. The molecule has 0 saturated heterocycles. The molecule has 3 rings (SSSR count). The van der Waals surface area contributed by atoms with E-state index in [2.05, 4.69) is 4.98 Å². The van der Waals surface area contributed by atoms with Gasteiger partial charge >= 0.3 is 0 Å². The number of hydrogen-bond acceptors (Lipinski definition) is 2. The van der Waals surface area contributed by atoms with Crippen LogP contribution < -0.4 is 5.73 Å². The number of imidazole rings is 1. The first-order chi connectivity index (χ1) is 8.77. The van der Waals surface area contributed by atoms with Crippen molar-refractivity contribution in [1.82, 2.24) is 9.38 Å². The number of benzene rings is 1. The molecule has 0 aliphatic rings. The van der Waals surface area contributed by atoms with Gasteiger partial charge in [-0.1, -0.05) is 24.3 Å². The Morgan fingerprint density at radius 2 is 1.72 bits per heavy atom. The Hall–Kier alpha value is -2.62. The maximum absolute atomic E-state index is 10.4. The summed E-state index contributed by atoms with van der Waals surface area (Å²) in [5, 5.41) is 0. The van der Waals surface area contributed by atoms with Crippen molar-refractivity contribution >= 4 is 11.6 Å². The lowest BCUT2D eigenvalue weighted by atomic mass is 10.2. The number of aromatic nitrogens is 2. The third-order valence-corrected chi connectivity index (χ3v) is 2.36. The molecule has 4 heteroatoms. The molecule has 2 aromatic heterocycles. The van der Waals surface area contributed by atoms with E-state index in [0.29, 0.717) is 5.56 Å². The molecule has 0 fully saturated rings. The SMILES string of the molecule is NC(=O)c1ccccc1.c1ccn2ccnc2c1. The Bertz CT molecular complexity index is 601. The number of hydrogen-bond donors (Lipinski definition) is 1. The van der Waals surface area contributed by atoms with Crippen LogP contribution in [0.2, 0.25) is 0 Å². The molecule has 3 aromatic rings. The fourth-order valence-electron chi connectivity index (χ4n) is 1.47. The third-order valence-electron chi connectivity index (χ3n) is 2.36. The van der Waals surface area contributed by atoms with Gasteiger partial charge in [0, 0.05) is 24.2 Å². The molecule has 0 radical (unpaired) electrons. The standard InChI is InChI=1S/C7H6N2.C7H7NO/c1-2-5-9-6-4-8-7(9)3-1;8-7(9)6-4-2-1-3-5-6/h1-6H;1-5H,(H2,8,9). The third kappa shape index (κ3) is 2.95. The monoisotopic (exact) mass is 239 g/mol. The van der Waals surface area contributed by atoms with Crippen LogP contribution in [0, 0.1) is 0 Å². The second-order valence-electron chi connectivity index (χ2n) is 3.62. The summed E-state index contributed by atoms with van der Waals surface area (Å²) in [6, 6.07) is 14.7. The lowest BCUT2D eigenvalue weighted by Gasteiger charge is -1.89. The Morgan fingerprint density at radius 1 is 1.00 bits per heavy atom. The van der Waals surface area contributed by atoms with Gasteiger partial charge in [0.1, 0.15) is 5.65 Å². The van der Waals surface area contributed by atoms with Crippen LogP contribution in [0.25, 0.3) is 5.65 Å². The van der Waals surface area contributed by atoms with Gasteiger partial charge in [-0.2, -0.15) is 0 Å². The molecule has 18 heavy (non-hydrogen) atoms. The molecule has 0 atom stereocenters. The van der Waals surface area contributed by atoms with E-state index < -0.39 is 0 Å². The Kier molecular flexibility index (Phi) is 3.71. The molecule has 0 saturated carbocycles. The molecule has 0 aliphatic heterocycles. The van der Waals surface area contributed by atoms with Crippen molar-refractivity contribution in [1.29, 1.82) is 0 Å². The highest BCUT2D eigenvalue weighted by molar-refractivity contribution is 5.92. The average Bonchev–Trinajstić information content (AvgIpc) is 2.89. The van der Waals surface area contributed by atoms with Gasteiger partial charge < -0.3 is 10.1 Å². The number of primary amides is 1. The highest BCUT2D eigenvalue weighted by atomic mass is 16.1. The summed E-state index contributed by atoms with van der Waals surface area (Å²) in [6.45, 7) is 0. The number of amides is 1. The normalized spacial score (nSPS) is 9.56. The van der Waals surface area contributed by atoms with Crippen LogP contribution in [-0.4, -0.2) is 15.3 Å². The molecule has 0 spiro atoms. The molecule has 0 unspecified atom stereocenters. The summed E-state index contributed by atoms with van der Waals surface area (Å²) in [5.41, 5.74) is 6.53. The first-order valence-corrected chi connectivity index (χ1v) is 5.50. The number of carbonyl (C=O) groups excluding carboxylic acids is 1. The number of nitrogens with two attached hydrogens (primary N) is 1. The molecule has 2 N–H and O–H groups in total. The molecule has 0 aliphatic carbocycles. The van der Waals surface area contributed by atoms with Crippen molar-refractivity contribution in [2.75, 3.05) is 0 Å². The minimum absolute atomic E-state index is 0.379. The molecular formula is C14H13N3O. The van der Waals surface area contributed by atoms with Crippen molar-refractivity contribution in [3.63, 3.8) is 0 Å². The van der Waals surface area contributed by atoms with Crippen LogP contribution in [0.15, 0.2) is 67.1 Å². The van der Waals surface area contributed by atoms with E-state index in [1.54, 1.807) is 30.5 Å². The van der Waals surface area contributed by atoms with Gasteiger partial charge in [0.25, 0.3) is 0 Å². The quantitative estimate of drug-likeness (QED) is 0.707. The molecule has 1 amide bonds.